The Bertz CT molecular complexity index is 1720. The Balaban J connectivity index is 1.46. The molecule has 3 aromatic carbocycles. The highest BCUT2D eigenvalue weighted by Crippen LogP contribution is 2.30. The molecule has 12 heteroatoms. The molecule has 1 atom stereocenters. The highest BCUT2D eigenvalue weighted by atomic mass is 19.4. The lowest BCUT2D eigenvalue weighted by molar-refractivity contribution is -0.137. The molecule has 0 amide bonds. The minimum absolute atomic E-state index is 0.162. The molecule has 1 aromatic heterocycles. The average molecular weight is 614 g/mol. The Morgan fingerprint density at radius 2 is 1.45 bits per heavy atom. The van der Waals surface area contributed by atoms with E-state index < -0.39 is 47.2 Å². The first-order chi connectivity index (χ1) is 20.9. The molecule has 0 bridgehead atoms. The van der Waals surface area contributed by atoms with Gasteiger partial charge in [0.15, 0.2) is 0 Å². The fourth-order valence-corrected chi connectivity index (χ4v) is 5.58. The number of hydrogen-bond acceptors (Lipinski definition) is 5. The number of aromatic nitrogens is 2. The van der Waals surface area contributed by atoms with Crippen LogP contribution in [-0.4, -0.2) is 40.2 Å². The second-order valence-electron chi connectivity index (χ2n) is 10.9. The zero-order valence-electron chi connectivity index (χ0n) is 24.0. The van der Waals surface area contributed by atoms with Crippen molar-refractivity contribution >= 4 is 5.69 Å². The molecule has 2 N–H and O–H groups in total. The maximum absolute atomic E-state index is 14.7. The van der Waals surface area contributed by atoms with E-state index in [0.29, 0.717) is 43.9 Å². The lowest BCUT2D eigenvalue weighted by Crippen LogP contribution is -2.51. The molecule has 4 aromatic rings. The van der Waals surface area contributed by atoms with Crippen LogP contribution in [0.5, 0.6) is 0 Å². The van der Waals surface area contributed by atoms with Gasteiger partial charge in [0.25, 0.3) is 5.56 Å². The molecule has 0 spiro atoms. The molecule has 0 radical (unpaired) electrons. The topological polar surface area (TPSA) is 76.5 Å². The van der Waals surface area contributed by atoms with Crippen LogP contribution in [0.2, 0.25) is 0 Å². The summed E-state index contributed by atoms with van der Waals surface area (Å²) in [7, 11) is 0. The van der Waals surface area contributed by atoms with E-state index >= 15 is 0 Å². The second-order valence-corrected chi connectivity index (χ2v) is 10.9. The van der Waals surface area contributed by atoms with Crippen LogP contribution in [-0.2, 0) is 25.8 Å². The molecule has 44 heavy (non-hydrogen) atoms. The average Bonchev–Trinajstić information content (AvgIpc) is 3.00. The molecule has 1 saturated heterocycles. The third-order valence-electron chi connectivity index (χ3n) is 7.99. The first kappa shape index (κ1) is 31.1. The normalized spacial score (nSPS) is 15.0. The summed E-state index contributed by atoms with van der Waals surface area (Å²) in [4.78, 5) is 31.4. The zero-order valence-corrected chi connectivity index (χ0v) is 24.0. The van der Waals surface area contributed by atoms with Crippen LogP contribution in [0.25, 0.3) is 0 Å². The number of benzene rings is 3. The molecule has 2 heterocycles. The van der Waals surface area contributed by atoms with Crippen LogP contribution in [0.3, 0.4) is 0 Å². The van der Waals surface area contributed by atoms with E-state index in [9.17, 15) is 31.5 Å². The van der Waals surface area contributed by atoms with Gasteiger partial charge in [-0.25, -0.2) is 13.6 Å². The quantitative estimate of drug-likeness (QED) is 0.292. The van der Waals surface area contributed by atoms with Crippen LogP contribution >= 0.6 is 0 Å². The highest BCUT2D eigenvalue weighted by molar-refractivity contribution is 5.50. The number of alkyl halides is 3. The maximum atomic E-state index is 14.7. The number of nitrogens with zero attached hydrogens (tertiary/aromatic N) is 4. The Morgan fingerprint density at radius 3 is 2.09 bits per heavy atom. The molecule has 0 saturated carbocycles. The Morgan fingerprint density at radius 1 is 0.818 bits per heavy atom. The van der Waals surface area contributed by atoms with Gasteiger partial charge in [0.1, 0.15) is 17.3 Å². The van der Waals surface area contributed by atoms with Gasteiger partial charge < -0.3 is 10.6 Å². The fourth-order valence-electron chi connectivity index (χ4n) is 5.58. The van der Waals surface area contributed by atoms with Crippen molar-refractivity contribution in [1.29, 1.82) is 0 Å². The third kappa shape index (κ3) is 6.61. The molecular formula is C32H32F5N5O2. The van der Waals surface area contributed by atoms with Crippen LogP contribution < -0.4 is 21.9 Å². The Hall–Kier alpha value is -4.29. The van der Waals surface area contributed by atoms with Crippen molar-refractivity contribution in [2.75, 3.05) is 31.1 Å². The van der Waals surface area contributed by atoms with Gasteiger partial charge >= 0.3 is 11.9 Å². The minimum atomic E-state index is -4.44. The molecule has 7 nitrogen and oxygen atoms in total. The Labute approximate surface area is 250 Å². The van der Waals surface area contributed by atoms with Gasteiger partial charge in [-0.3, -0.25) is 18.8 Å². The van der Waals surface area contributed by atoms with E-state index in [1.165, 1.54) is 16.7 Å². The summed E-state index contributed by atoms with van der Waals surface area (Å²) in [5.74, 6) is -1.64. The van der Waals surface area contributed by atoms with Gasteiger partial charge in [-0.2, -0.15) is 13.2 Å². The first-order valence-corrected chi connectivity index (χ1v) is 14.1. The van der Waals surface area contributed by atoms with E-state index in [4.69, 9.17) is 5.73 Å². The molecule has 1 fully saturated rings. The van der Waals surface area contributed by atoms with Crippen molar-refractivity contribution in [3.63, 3.8) is 0 Å². The number of anilines is 1. The number of piperazine rings is 1. The fraction of sp³-hybridized carbons (Fsp3) is 0.312. The van der Waals surface area contributed by atoms with Crippen molar-refractivity contribution in [1.82, 2.24) is 14.0 Å². The number of hydrogen-bond donors (Lipinski definition) is 1. The van der Waals surface area contributed by atoms with E-state index in [1.807, 2.05) is 11.0 Å². The van der Waals surface area contributed by atoms with Crippen molar-refractivity contribution in [2.45, 2.75) is 38.8 Å². The number of nitrogens with two attached hydrogens (primary N) is 1. The summed E-state index contributed by atoms with van der Waals surface area (Å²) in [6.07, 6.45) is -4.44. The highest BCUT2D eigenvalue weighted by Gasteiger charge is 2.31. The molecule has 1 unspecified atom stereocenters. The predicted molar refractivity (Wildman–Crippen MR) is 157 cm³/mol. The molecule has 5 rings (SSSR count). The summed E-state index contributed by atoms with van der Waals surface area (Å²) in [5.41, 5.74) is 5.73. The van der Waals surface area contributed by atoms with E-state index in [-0.39, 0.29) is 23.5 Å². The van der Waals surface area contributed by atoms with Gasteiger partial charge in [-0.15, -0.1) is 0 Å². The van der Waals surface area contributed by atoms with Gasteiger partial charge in [-0.1, -0.05) is 54.6 Å². The lowest BCUT2D eigenvalue weighted by Gasteiger charge is -2.37. The number of rotatable bonds is 8. The summed E-state index contributed by atoms with van der Waals surface area (Å²) in [6.45, 7) is 2.79. The van der Waals surface area contributed by atoms with Gasteiger partial charge in [0.2, 0.25) is 0 Å². The summed E-state index contributed by atoms with van der Waals surface area (Å²) in [5, 5.41) is 0. The SMILES string of the molecule is Cc1c(N2CCN(Cc3cccc(C(F)(F)F)c3)CC2)c(=O)n(CC(N)c2ccccc2)c(=O)n1Cc1c(F)cccc1F. The molecule has 232 valence electrons. The minimum Gasteiger partial charge on any atom is -0.363 e. The van der Waals surface area contributed by atoms with Crippen molar-refractivity contribution in [3.8, 4) is 0 Å². The van der Waals surface area contributed by atoms with Crippen LogP contribution in [0.1, 0.15) is 34.0 Å². The van der Waals surface area contributed by atoms with Gasteiger partial charge in [-0.05, 0) is 36.2 Å². The maximum Gasteiger partial charge on any atom is 0.416 e. The molecular weight excluding hydrogens is 581 g/mol. The number of halogens is 5. The van der Waals surface area contributed by atoms with E-state index in [1.54, 1.807) is 42.2 Å². The van der Waals surface area contributed by atoms with Crippen LogP contribution in [0.4, 0.5) is 27.6 Å². The van der Waals surface area contributed by atoms with Crippen molar-refractivity contribution in [2.24, 2.45) is 5.73 Å². The van der Waals surface area contributed by atoms with Gasteiger partial charge in [0.05, 0.1) is 18.7 Å². The first-order valence-electron chi connectivity index (χ1n) is 14.1. The van der Waals surface area contributed by atoms with Crippen LogP contribution in [0.15, 0.2) is 82.4 Å². The molecule has 1 aliphatic heterocycles. The molecule has 1 aliphatic rings. The summed E-state index contributed by atoms with van der Waals surface area (Å²) in [6, 6.07) is 16.8. The smallest absolute Gasteiger partial charge is 0.363 e. The zero-order chi connectivity index (χ0) is 31.6. The van der Waals surface area contributed by atoms with Crippen LogP contribution in [0, 0.1) is 18.6 Å². The van der Waals surface area contributed by atoms with Gasteiger partial charge in [0, 0.05) is 50.0 Å². The largest absolute Gasteiger partial charge is 0.416 e. The third-order valence-corrected chi connectivity index (χ3v) is 7.99. The van der Waals surface area contributed by atoms with Crippen molar-refractivity contribution in [3.05, 3.63) is 133 Å². The summed E-state index contributed by atoms with van der Waals surface area (Å²) >= 11 is 0. The standard InChI is InChI=1S/C32H32F5N5O2/c1-21-29(40-15-13-39(14-16-40)18-22-7-5-10-24(17-22)32(35,36)37)30(43)42(20-28(38)23-8-3-2-4-9-23)31(44)41(21)19-25-26(33)11-6-12-27(25)34/h2-12,17,28H,13-16,18-20,38H2,1H3. The monoisotopic (exact) mass is 613 g/mol. The Kier molecular flexibility index (Phi) is 9.02. The second kappa shape index (κ2) is 12.7. The van der Waals surface area contributed by atoms with E-state index in [2.05, 4.69) is 0 Å². The molecule has 0 aliphatic carbocycles. The summed E-state index contributed by atoms with van der Waals surface area (Å²) < 4.78 is 71.1. The van der Waals surface area contributed by atoms with Crippen molar-refractivity contribution < 1.29 is 22.0 Å². The predicted octanol–water partition coefficient (Wildman–Crippen LogP) is 4.69. The van der Waals surface area contributed by atoms with E-state index in [0.717, 1.165) is 28.8 Å². The lowest BCUT2D eigenvalue weighted by atomic mass is 10.1.